The molecule has 1 heterocycles. The average molecular weight is 415 g/mol. The lowest BCUT2D eigenvalue weighted by atomic mass is 10.2. The Bertz CT molecular complexity index is 1020. The van der Waals surface area contributed by atoms with E-state index in [1.807, 2.05) is 54.6 Å². The van der Waals surface area contributed by atoms with Crippen LogP contribution in [0.1, 0.15) is 17.4 Å². The highest BCUT2D eigenvalue weighted by Gasteiger charge is 2.26. The molecule has 0 atom stereocenters. The summed E-state index contributed by atoms with van der Waals surface area (Å²) in [5.74, 6) is -0.0949. The fourth-order valence-corrected chi connectivity index (χ4v) is 5.68. The zero-order valence-electron chi connectivity index (χ0n) is 15.5. The SMILES string of the molecule is CC(=O)NCCc1ccc(S(=O)(=O)N(Cc2ccccc2)c2ccccc2)s1. The predicted octanol–water partition coefficient (Wildman–Crippen LogP) is 3.82. The van der Waals surface area contributed by atoms with Crippen LogP contribution in [0.4, 0.5) is 5.69 Å². The maximum Gasteiger partial charge on any atom is 0.274 e. The molecular weight excluding hydrogens is 392 g/mol. The zero-order valence-corrected chi connectivity index (χ0v) is 17.2. The molecule has 7 heteroatoms. The molecule has 0 saturated heterocycles. The van der Waals surface area contributed by atoms with Crippen molar-refractivity contribution < 1.29 is 13.2 Å². The molecule has 5 nitrogen and oxygen atoms in total. The second-order valence-corrected chi connectivity index (χ2v) is 9.54. The van der Waals surface area contributed by atoms with Gasteiger partial charge in [0.05, 0.1) is 12.2 Å². The quantitative estimate of drug-likeness (QED) is 0.609. The lowest BCUT2D eigenvalue weighted by Crippen LogP contribution is -2.30. The molecule has 0 saturated carbocycles. The Morgan fingerprint density at radius 3 is 2.25 bits per heavy atom. The Kier molecular flexibility index (Phi) is 6.49. The third-order valence-electron chi connectivity index (χ3n) is 4.14. The van der Waals surface area contributed by atoms with Crippen molar-refractivity contribution in [1.29, 1.82) is 0 Å². The number of anilines is 1. The molecule has 1 aromatic heterocycles. The molecule has 0 aliphatic carbocycles. The highest BCUT2D eigenvalue weighted by atomic mass is 32.2. The number of nitrogens with zero attached hydrogens (tertiary/aromatic N) is 1. The molecule has 0 radical (unpaired) electrons. The van der Waals surface area contributed by atoms with E-state index >= 15 is 0 Å². The van der Waals surface area contributed by atoms with E-state index in [9.17, 15) is 13.2 Å². The first-order valence-electron chi connectivity index (χ1n) is 8.91. The van der Waals surface area contributed by atoms with Crippen molar-refractivity contribution in [2.45, 2.75) is 24.1 Å². The minimum atomic E-state index is -3.71. The number of hydrogen-bond donors (Lipinski definition) is 1. The van der Waals surface area contributed by atoms with Crippen LogP contribution in [0.5, 0.6) is 0 Å². The molecule has 2 aromatic carbocycles. The molecule has 28 heavy (non-hydrogen) atoms. The molecular formula is C21H22N2O3S2. The molecule has 146 valence electrons. The highest BCUT2D eigenvalue weighted by molar-refractivity contribution is 7.94. The minimum absolute atomic E-state index is 0.0949. The van der Waals surface area contributed by atoms with Crippen molar-refractivity contribution in [2.24, 2.45) is 0 Å². The Hall–Kier alpha value is -2.64. The van der Waals surface area contributed by atoms with Crippen molar-refractivity contribution in [2.75, 3.05) is 10.8 Å². The second kappa shape index (κ2) is 9.03. The summed E-state index contributed by atoms with van der Waals surface area (Å²) in [4.78, 5) is 11.9. The van der Waals surface area contributed by atoms with E-state index < -0.39 is 10.0 Å². The lowest BCUT2D eigenvalue weighted by Gasteiger charge is -2.24. The summed E-state index contributed by atoms with van der Waals surface area (Å²) in [6.45, 7) is 2.21. The molecule has 0 aliphatic rings. The minimum Gasteiger partial charge on any atom is -0.356 e. The van der Waals surface area contributed by atoms with Crippen LogP contribution >= 0.6 is 11.3 Å². The number of carbonyl (C=O) groups excluding carboxylic acids is 1. The van der Waals surface area contributed by atoms with Gasteiger partial charge in [0.1, 0.15) is 4.21 Å². The summed E-state index contributed by atoms with van der Waals surface area (Å²) >= 11 is 1.24. The molecule has 3 rings (SSSR count). The smallest absolute Gasteiger partial charge is 0.274 e. The normalized spacial score (nSPS) is 11.2. The van der Waals surface area contributed by atoms with Gasteiger partial charge in [0.25, 0.3) is 10.0 Å². The number of sulfonamides is 1. The summed E-state index contributed by atoms with van der Waals surface area (Å²) in [5.41, 5.74) is 1.54. The van der Waals surface area contributed by atoms with Crippen molar-refractivity contribution in [3.8, 4) is 0 Å². The number of carbonyl (C=O) groups is 1. The van der Waals surface area contributed by atoms with Crippen molar-refractivity contribution in [3.63, 3.8) is 0 Å². The van der Waals surface area contributed by atoms with Crippen molar-refractivity contribution in [3.05, 3.63) is 83.2 Å². The van der Waals surface area contributed by atoms with E-state index in [1.165, 1.54) is 22.6 Å². The first kappa shape index (κ1) is 20.1. The van der Waals surface area contributed by atoms with Gasteiger partial charge in [-0.2, -0.15) is 0 Å². The van der Waals surface area contributed by atoms with E-state index in [0.29, 0.717) is 22.9 Å². The van der Waals surface area contributed by atoms with E-state index in [4.69, 9.17) is 0 Å². The fraction of sp³-hybridized carbons (Fsp3) is 0.190. The largest absolute Gasteiger partial charge is 0.356 e. The summed E-state index contributed by atoms with van der Waals surface area (Å²) in [6.07, 6.45) is 0.601. The molecule has 3 aromatic rings. The van der Waals surface area contributed by atoms with Gasteiger partial charge in [0.2, 0.25) is 5.91 Å². The van der Waals surface area contributed by atoms with Gasteiger partial charge in [0, 0.05) is 18.3 Å². The summed E-state index contributed by atoms with van der Waals surface area (Å²) in [7, 11) is -3.71. The summed E-state index contributed by atoms with van der Waals surface area (Å²) in [6, 6.07) is 22.1. The van der Waals surface area contributed by atoms with Gasteiger partial charge in [-0.05, 0) is 36.2 Å². The topological polar surface area (TPSA) is 66.5 Å². The number of hydrogen-bond acceptors (Lipinski definition) is 4. The Labute approximate surface area is 169 Å². The highest BCUT2D eigenvalue weighted by Crippen LogP contribution is 2.30. The van der Waals surface area contributed by atoms with Crippen LogP contribution in [0.3, 0.4) is 0 Å². The van der Waals surface area contributed by atoms with Crippen LogP contribution in [-0.4, -0.2) is 20.9 Å². The van der Waals surface area contributed by atoms with Crippen LogP contribution in [0, 0.1) is 0 Å². The molecule has 1 amide bonds. The Morgan fingerprint density at radius 2 is 1.61 bits per heavy atom. The number of benzene rings is 2. The molecule has 1 N–H and O–H groups in total. The van der Waals surface area contributed by atoms with Gasteiger partial charge in [-0.1, -0.05) is 48.5 Å². The molecule has 0 unspecified atom stereocenters. The van der Waals surface area contributed by atoms with E-state index in [1.54, 1.807) is 18.2 Å². The van der Waals surface area contributed by atoms with Gasteiger partial charge in [-0.3, -0.25) is 9.10 Å². The fourth-order valence-electron chi connectivity index (χ4n) is 2.76. The maximum absolute atomic E-state index is 13.4. The first-order chi connectivity index (χ1) is 13.5. The van der Waals surface area contributed by atoms with Gasteiger partial charge in [0.15, 0.2) is 0 Å². The lowest BCUT2D eigenvalue weighted by molar-refractivity contribution is -0.118. The van der Waals surface area contributed by atoms with Crippen LogP contribution in [-0.2, 0) is 27.8 Å². The Morgan fingerprint density at radius 1 is 0.964 bits per heavy atom. The third-order valence-corrected chi connectivity index (χ3v) is 7.53. The van der Waals surface area contributed by atoms with Crippen LogP contribution in [0.2, 0.25) is 0 Å². The second-order valence-electron chi connectivity index (χ2n) is 6.29. The first-order valence-corrected chi connectivity index (χ1v) is 11.2. The summed E-state index contributed by atoms with van der Waals surface area (Å²) in [5, 5.41) is 2.73. The van der Waals surface area contributed by atoms with Gasteiger partial charge < -0.3 is 5.32 Å². The number of thiophene rings is 1. The third kappa shape index (κ3) is 4.99. The van der Waals surface area contributed by atoms with E-state index in [0.717, 1.165) is 10.4 Å². The number of nitrogens with one attached hydrogen (secondary N) is 1. The molecule has 0 spiro atoms. The number of rotatable bonds is 8. The molecule has 0 bridgehead atoms. The molecule has 0 fully saturated rings. The standard InChI is InChI=1S/C21H22N2O3S2/c1-17(24)22-15-14-20-12-13-21(27-20)28(25,26)23(19-10-6-3-7-11-19)16-18-8-4-2-5-9-18/h2-13H,14-16H2,1H3,(H,22,24). The number of para-hydroxylation sites is 1. The van der Waals surface area contributed by atoms with Crippen molar-refractivity contribution in [1.82, 2.24) is 5.32 Å². The van der Waals surface area contributed by atoms with Crippen LogP contribution in [0.15, 0.2) is 77.0 Å². The maximum atomic E-state index is 13.4. The van der Waals surface area contributed by atoms with Crippen LogP contribution < -0.4 is 9.62 Å². The average Bonchev–Trinajstić information content (AvgIpc) is 3.17. The van der Waals surface area contributed by atoms with Gasteiger partial charge in [-0.15, -0.1) is 11.3 Å². The van der Waals surface area contributed by atoms with Gasteiger partial charge in [-0.25, -0.2) is 8.42 Å². The predicted molar refractivity (Wildman–Crippen MR) is 113 cm³/mol. The molecule has 0 aliphatic heterocycles. The van der Waals surface area contributed by atoms with E-state index in [-0.39, 0.29) is 12.5 Å². The van der Waals surface area contributed by atoms with E-state index in [2.05, 4.69) is 5.32 Å². The number of amides is 1. The monoisotopic (exact) mass is 414 g/mol. The van der Waals surface area contributed by atoms with Crippen LogP contribution in [0.25, 0.3) is 0 Å². The zero-order chi connectivity index (χ0) is 20.0. The summed E-state index contributed by atoms with van der Waals surface area (Å²) < 4.78 is 28.5. The Balaban J connectivity index is 1.88. The van der Waals surface area contributed by atoms with Crippen molar-refractivity contribution >= 4 is 33.0 Å². The van der Waals surface area contributed by atoms with Gasteiger partial charge >= 0.3 is 0 Å².